The summed E-state index contributed by atoms with van der Waals surface area (Å²) >= 11 is 0. The molecule has 0 bridgehead atoms. The smallest absolute Gasteiger partial charge is 0.269 e. The van der Waals surface area contributed by atoms with E-state index in [9.17, 15) is 13.6 Å². The molecule has 6 heteroatoms. The maximum atomic E-state index is 13.1. The number of ether oxygens (including phenoxy) is 2. The predicted octanol–water partition coefficient (Wildman–Crippen LogP) is 3.13. The molecule has 2 aromatic carbocycles. The first-order valence-corrected chi connectivity index (χ1v) is 6.72. The lowest BCUT2D eigenvalue weighted by Crippen LogP contribution is -2.46. The van der Waals surface area contributed by atoms with E-state index in [0.29, 0.717) is 11.5 Å². The molecule has 114 valence electrons. The van der Waals surface area contributed by atoms with Crippen LogP contribution in [0.3, 0.4) is 0 Å². The molecule has 0 fully saturated rings. The molecule has 4 nitrogen and oxygen atoms in total. The van der Waals surface area contributed by atoms with Crippen molar-refractivity contribution >= 4 is 11.6 Å². The highest BCUT2D eigenvalue weighted by molar-refractivity contribution is 5.95. The van der Waals surface area contributed by atoms with Gasteiger partial charge < -0.3 is 14.8 Å². The van der Waals surface area contributed by atoms with Crippen LogP contribution in [-0.4, -0.2) is 18.1 Å². The molecule has 0 spiro atoms. The summed E-state index contributed by atoms with van der Waals surface area (Å²) in [6, 6.07) is 9.77. The van der Waals surface area contributed by atoms with Crippen LogP contribution in [0.1, 0.15) is 6.92 Å². The Bertz CT molecular complexity index is 700. The van der Waals surface area contributed by atoms with Gasteiger partial charge in [0.15, 0.2) is 11.5 Å². The minimum Gasteiger partial charge on any atom is -0.482 e. The molecule has 22 heavy (non-hydrogen) atoms. The summed E-state index contributed by atoms with van der Waals surface area (Å²) in [7, 11) is 0. The molecule has 0 aliphatic carbocycles. The lowest BCUT2D eigenvalue weighted by atomic mass is 10.1. The largest absolute Gasteiger partial charge is 0.482 e. The average Bonchev–Trinajstić information content (AvgIpc) is 2.45. The van der Waals surface area contributed by atoms with Crippen LogP contribution in [0, 0.1) is 11.6 Å². The van der Waals surface area contributed by atoms with Gasteiger partial charge in [-0.3, -0.25) is 4.79 Å². The van der Waals surface area contributed by atoms with Crippen molar-refractivity contribution in [1.29, 1.82) is 0 Å². The second-order valence-electron chi connectivity index (χ2n) is 4.96. The molecule has 1 aliphatic rings. The molecule has 2 aromatic rings. The molecule has 1 aliphatic heterocycles. The minimum absolute atomic E-state index is 0.0251. The number of para-hydroxylation sites is 2. The van der Waals surface area contributed by atoms with Gasteiger partial charge in [-0.05, 0) is 31.2 Å². The quantitative estimate of drug-likeness (QED) is 0.927. The van der Waals surface area contributed by atoms with Gasteiger partial charge in [0.25, 0.3) is 5.91 Å². The number of hydrogen-bond donors (Lipinski definition) is 1. The predicted molar refractivity (Wildman–Crippen MR) is 75.9 cm³/mol. The highest BCUT2D eigenvalue weighted by Crippen LogP contribution is 2.33. The molecule has 2 atom stereocenters. The van der Waals surface area contributed by atoms with E-state index in [4.69, 9.17) is 9.47 Å². The Hall–Kier alpha value is -2.63. The van der Waals surface area contributed by atoms with Gasteiger partial charge in [-0.25, -0.2) is 8.78 Å². The topological polar surface area (TPSA) is 47.6 Å². The number of benzene rings is 2. The monoisotopic (exact) mass is 305 g/mol. The first kappa shape index (κ1) is 14.3. The molecule has 0 unspecified atom stereocenters. The zero-order chi connectivity index (χ0) is 15.7. The lowest BCUT2D eigenvalue weighted by molar-refractivity contribution is -0.128. The number of fused-ring (bicyclic) bond motifs is 1. The molecule has 1 N–H and O–H groups in total. The standard InChI is InChI=1S/C16H13F2NO3/c1-9-15(22-14-5-3-2-4-13(14)21-9)16(20)19-12-7-10(17)6-11(18)8-12/h2-9,15H,1H3,(H,19,20)/t9-,15+/m0/s1. The van der Waals surface area contributed by atoms with Crippen molar-refractivity contribution in [3.63, 3.8) is 0 Å². The van der Waals surface area contributed by atoms with Crippen LogP contribution in [0.4, 0.5) is 14.5 Å². The van der Waals surface area contributed by atoms with Gasteiger partial charge in [0.05, 0.1) is 0 Å². The van der Waals surface area contributed by atoms with E-state index in [-0.39, 0.29) is 5.69 Å². The zero-order valence-electron chi connectivity index (χ0n) is 11.7. The molecule has 3 rings (SSSR count). The van der Waals surface area contributed by atoms with Crippen molar-refractivity contribution in [3.05, 3.63) is 54.1 Å². The number of anilines is 1. The number of nitrogens with one attached hydrogen (secondary N) is 1. The van der Waals surface area contributed by atoms with Crippen molar-refractivity contribution in [2.45, 2.75) is 19.1 Å². The Morgan fingerprint density at radius 2 is 1.64 bits per heavy atom. The normalized spacial score (nSPS) is 19.6. The summed E-state index contributed by atoms with van der Waals surface area (Å²) < 4.78 is 37.5. The van der Waals surface area contributed by atoms with Gasteiger partial charge in [-0.2, -0.15) is 0 Å². The third-order valence-corrected chi connectivity index (χ3v) is 3.23. The Labute approximate surface area is 125 Å². The van der Waals surface area contributed by atoms with Crippen LogP contribution >= 0.6 is 0 Å². The fourth-order valence-corrected chi connectivity index (χ4v) is 2.25. The van der Waals surface area contributed by atoms with Crippen molar-refractivity contribution in [3.8, 4) is 11.5 Å². The van der Waals surface area contributed by atoms with Crippen LogP contribution in [0.15, 0.2) is 42.5 Å². The molecule has 0 radical (unpaired) electrons. The third kappa shape index (κ3) is 2.86. The highest BCUT2D eigenvalue weighted by Gasteiger charge is 2.34. The summed E-state index contributed by atoms with van der Waals surface area (Å²) in [5.41, 5.74) is 0.0251. The van der Waals surface area contributed by atoms with Crippen LogP contribution in [0.5, 0.6) is 11.5 Å². The number of hydrogen-bond acceptors (Lipinski definition) is 3. The van der Waals surface area contributed by atoms with Crippen LogP contribution in [-0.2, 0) is 4.79 Å². The fraction of sp³-hybridized carbons (Fsp3) is 0.188. The summed E-state index contributed by atoms with van der Waals surface area (Å²) in [6.45, 7) is 1.69. The van der Waals surface area contributed by atoms with E-state index in [2.05, 4.69) is 5.32 Å². The lowest BCUT2D eigenvalue weighted by Gasteiger charge is -2.31. The summed E-state index contributed by atoms with van der Waals surface area (Å²) in [6.07, 6.45) is -1.45. The van der Waals surface area contributed by atoms with Gasteiger partial charge in [-0.15, -0.1) is 0 Å². The van der Waals surface area contributed by atoms with Crippen molar-refractivity contribution in [1.82, 2.24) is 0 Å². The van der Waals surface area contributed by atoms with Gasteiger partial charge in [-0.1, -0.05) is 12.1 Å². The number of rotatable bonds is 2. The Morgan fingerprint density at radius 3 is 2.27 bits per heavy atom. The molecular weight excluding hydrogens is 292 g/mol. The van der Waals surface area contributed by atoms with E-state index < -0.39 is 29.7 Å². The SMILES string of the molecule is C[C@@H]1Oc2ccccc2O[C@H]1C(=O)Nc1cc(F)cc(F)c1. The van der Waals surface area contributed by atoms with E-state index >= 15 is 0 Å². The maximum absolute atomic E-state index is 13.1. The molecule has 0 aromatic heterocycles. The maximum Gasteiger partial charge on any atom is 0.269 e. The van der Waals surface area contributed by atoms with Gasteiger partial charge in [0, 0.05) is 11.8 Å². The summed E-state index contributed by atoms with van der Waals surface area (Å²) in [4.78, 5) is 12.2. The molecule has 0 saturated heterocycles. The van der Waals surface area contributed by atoms with Crippen LogP contribution in [0.25, 0.3) is 0 Å². The zero-order valence-corrected chi connectivity index (χ0v) is 11.7. The highest BCUT2D eigenvalue weighted by atomic mass is 19.1. The van der Waals surface area contributed by atoms with Gasteiger partial charge >= 0.3 is 0 Å². The third-order valence-electron chi connectivity index (χ3n) is 3.23. The van der Waals surface area contributed by atoms with Gasteiger partial charge in [0.1, 0.15) is 17.7 Å². The minimum atomic E-state index is -0.916. The molecule has 1 heterocycles. The summed E-state index contributed by atoms with van der Waals surface area (Å²) in [5, 5.41) is 2.43. The molecule has 1 amide bonds. The number of carbonyl (C=O) groups excluding carboxylic acids is 1. The molecule has 0 saturated carbocycles. The second kappa shape index (κ2) is 5.63. The van der Waals surface area contributed by atoms with Crippen LogP contribution < -0.4 is 14.8 Å². The second-order valence-corrected chi connectivity index (χ2v) is 4.96. The fourth-order valence-electron chi connectivity index (χ4n) is 2.25. The van der Waals surface area contributed by atoms with E-state index in [1.807, 2.05) is 0 Å². The Kier molecular flexibility index (Phi) is 3.66. The molecular formula is C16H13F2NO3. The first-order valence-electron chi connectivity index (χ1n) is 6.72. The van der Waals surface area contributed by atoms with Crippen LogP contribution in [0.2, 0.25) is 0 Å². The van der Waals surface area contributed by atoms with Crippen molar-refractivity contribution < 1.29 is 23.0 Å². The number of halogens is 2. The van der Waals surface area contributed by atoms with E-state index in [0.717, 1.165) is 18.2 Å². The Morgan fingerprint density at radius 1 is 1.05 bits per heavy atom. The number of carbonyl (C=O) groups is 1. The number of amides is 1. The van der Waals surface area contributed by atoms with Crippen molar-refractivity contribution in [2.75, 3.05) is 5.32 Å². The average molecular weight is 305 g/mol. The summed E-state index contributed by atoms with van der Waals surface area (Å²) in [5.74, 6) is -1.07. The van der Waals surface area contributed by atoms with Crippen molar-refractivity contribution in [2.24, 2.45) is 0 Å². The Balaban J connectivity index is 1.78. The van der Waals surface area contributed by atoms with E-state index in [1.165, 1.54) is 0 Å². The van der Waals surface area contributed by atoms with Gasteiger partial charge in [0.2, 0.25) is 6.10 Å². The first-order chi connectivity index (χ1) is 10.5. The van der Waals surface area contributed by atoms with E-state index in [1.54, 1.807) is 31.2 Å².